The van der Waals surface area contributed by atoms with Crippen LogP contribution in [-0.2, 0) is 4.79 Å². The number of allylic oxidation sites excluding steroid dienone is 5. The monoisotopic (exact) mass is 757 g/mol. The number of fused-ring (bicyclic) bond motifs is 7. The summed E-state index contributed by atoms with van der Waals surface area (Å²) in [6.45, 7) is 24.9. The number of hydrogen-bond donors (Lipinski definition) is 4. The Morgan fingerprint density at radius 1 is 0.981 bits per heavy atom. The van der Waals surface area contributed by atoms with Crippen LogP contribution in [0.1, 0.15) is 126 Å². The molecule has 0 radical (unpaired) electrons. The molecule has 300 valence electrons. The van der Waals surface area contributed by atoms with E-state index in [2.05, 4.69) is 77.4 Å². The predicted molar refractivity (Wildman–Crippen MR) is 217 cm³/mol. The highest BCUT2D eigenvalue weighted by Crippen LogP contribution is 2.76. The van der Waals surface area contributed by atoms with E-state index in [1.54, 1.807) is 0 Å². The van der Waals surface area contributed by atoms with Gasteiger partial charge >= 0.3 is 5.97 Å². The van der Waals surface area contributed by atoms with Gasteiger partial charge in [0.15, 0.2) is 0 Å². The fourth-order valence-corrected chi connectivity index (χ4v) is 16.9. The first kappa shape index (κ1) is 40.0. The van der Waals surface area contributed by atoms with Crippen LogP contribution < -0.4 is 5.32 Å². The Morgan fingerprint density at radius 3 is 2.40 bits per heavy atom. The molecule has 4 saturated carbocycles. The number of nitrogens with zero attached hydrogens (tertiary/aromatic N) is 1. The van der Waals surface area contributed by atoms with E-state index >= 15 is 0 Å². The largest absolute Gasteiger partial charge is 0.481 e. The normalized spacial score (nSPS) is 47.1. The van der Waals surface area contributed by atoms with E-state index in [1.807, 2.05) is 0 Å². The summed E-state index contributed by atoms with van der Waals surface area (Å²) in [5, 5.41) is 14.1. The van der Waals surface area contributed by atoms with Crippen LogP contribution in [0, 0.1) is 62.6 Å². The van der Waals surface area contributed by atoms with Gasteiger partial charge in [0, 0.05) is 37.5 Å². The number of carbonyl (C=O) groups is 1. The fourth-order valence-electron chi connectivity index (χ4n) is 15.2. The Kier molecular flexibility index (Phi) is 10.4. The van der Waals surface area contributed by atoms with Crippen LogP contribution in [0.5, 0.6) is 0 Å². The average molecular weight is 757 g/mol. The van der Waals surface area contributed by atoms with E-state index in [4.69, 9.17) is 0 Å². The first-order valence-corrected chi connectivity index (χ1v) is 23.2. The molecule has 11 atom stereocenters. The van der Waals surface area contributed by atoms with Crippen LogP contribution in [0.3, 0.4) is 0 Å². The molecule has 6 nitrogen and oxygen atoms in total. The summed E-state index contributed by atoms with van der Waals surface area (Å²) < 4.78 is 35.0. The van der Waals surface area contributed by atoms with E-state index in [0.29, 0.717) is 66.3 Å². The Bertz CT molecular complexity index is 1530. The quantitative estimate of drug-likeness (QED) is 0.184. The molecule has 0 amide bonds. The summed E-state index contributed by atoms with van der Waals surface area (Å²) in [6, 6.07) is 0. The van der Waals surface area contributed by atoms with Crippen molar-refractivity contribution in [2.75, 3.05) is 44.4 Å². The summed E-state index contributed by atoms with van der Waals surface area (Å²) >= 11 is 0. The second-order valence-corrected chi connectivity index (χ2v) is 23.4. The maximum Gasteiger partial charge on any atom is 0.312 e. The lowest BCUT2D eigenvalue weighted by atomic mass is 9.33. The number of alkyl halides is 1. The van der Waals surface area contributed by atoms with Gasteiger partial charge in [0.25, 0.3) is 0 Å². The van der Waals surface area contributed by atoms with Crippen molar-refractivity contribution >= 4 is 16.6 Å². The van der Waals surface area contributed by atoms with E-state index in [0.717, 1.165) is 32.6 Å². The smallest absolute Gasteiger partial charge is 0.312 e. The van der Waals surface area contributed by atoms with Crippen molar-refractivity contribution in [1.29, 1.82) is 0 Å². The molecular weight excluding hydrogens is 684 g/mol. The van der Waals surface area contributed by atoms with Gasteiger partial charge in [0.1, 0.15) is 6.67 Å². The zero-order chi connectivity index (χ0) is 38.4. The van der Waals surface area contributed by atoms with Crippen molar-refractivity contribution < 1.29 is 23.4 Å². The minimum atomic E-state index is -2.46. The van der Waals surface area contributed by atoms with Gasteiger partial charge in [-0.2, -0.15) is 10.6 Å². The van der Waals surface area contributed by atoms with Crippen LogP contribution in [-0.4, -0.2) is 75.0 Å². The first-order chi connectivity index (χ1) is 24.8. The topological polar surface area (TPSA) is 93.0 Å². The van der Waals surface area contributed by atoms with Crippen LogP contribution in [0.25, 0.3) is 0 Å². The number of rotatable bonds is 8. The molecule has 1 aliphatic heterocycles. The van der Waals surface area contributed by atoms with E-state index in [-0.39, 0.29) is 27.2 Å². The highest BCUT2D eigenvalue weighted by molar-refractivity contribution is 8.24. The molecule has 7 rings (SSSR count). The fraction of sp³-hybridized carbons (Fsp3) is 0.844. The molecule has 5 fully saturated rings. The maximum atomic E-state index is 14.0. The first-order valence-electron chi connectivity index (χ1n) is 21.3. The van der Waals surface area contributed by atoms with Crippen LogP contribution in [0.15, 0.2) is 35.5 Å². The van der Waals surface area contributed by atoms with E-state index in [1.165, 1.54) is 68.1 Å². The van der Waals surface area contributed by atoms with Gasteiger partial charge in [-0.15, -0.1) is 0 Å². The molecule has 4 N–H and O–H groups in total. The van der Waals surface area contributed by atoms with Crippen LogP contribution in [0.4, 0.5) is 4.39 Å². The molecule has 7 aliphatic rings. The van der Waals surface area contributed by atoms with Crippen LogP contribution in [0.2, 0.25) is 0 Å². The molecule has 53 heavy (non-hydrogen) atoms. The van der Waals surface area contributed by atoms with Gasteiger partial charge < -0.3 is 15.3 Å². The molecule has 1 saturated heterocycles. The third-order valence-electron chi connectivity index (χ3n) is 18.1. The Labute approximate surface area is 322 Å². The lowest BCUT2D eigenvalue weighted by Crippen LogP contribution is -2.68. The standard InChI is InChI=1S/C45H73FN2O4S/c1-30(2)33-13-20-45(47-23-24-48-25-26-53(51,52)28-31(3)27-48)22-21-42(7)35(38(33)45)9-10-37-41(6)16-14-34(40(4,5)36(41)15-17-43(37,42)8)32-11-18-44(29-46,19-12-32)39(49)50/h11,14,31,33,35-38,47,51-52H,1,9-10,12-13,15-29H2,2-8H3,(H,49,50)/t31?,33-,35+,36-,37?,38+,41-,42+,43+,44+,45-/m0/s1. The second-order valence-electron chi connectivity index (χ2n) is 21.0. The molecule has 8 heteroatoms. The van der Waals surface area contributed by atoms with E-state index in [9.17, 15) is 23.4 Å². The third-order valence-corrected chi connectivity index (χ3v) is 20.0. The van der Waals surface area contributed by atoms with Crippen molar-refractivity contribution in [2.24, 2.45) is 62.6 Å². The molecule has 0 bridgehead atoms. The number of hydrogen-bond acceptors (Lipinski definition) is 5. The lowest BCUT2D eigenvalue weighted by Gasteiger charge is -2.72. The Balaban J connectivity index is 1.12. The molecule has 0 spiro atoms. The SMILES string of the molecule is C=C(C)[C@@H]1CC[C@]2(NCCN3CCS(O)(O)CC(C)C3)CC[C@]3(C)[C@H](CCC4[C@@]5(C)CC=C(C6=CC[C@@](CF)(C(=O)O)CC6)C(C)(C)[C@@H]5CC[C@]43C)[C@@H]12. The van der Waals surface area contributed by atoms with Crippen molar-refractivity contribution in [3.8, 4) is 0 Å². The van der Waals surface area contributed by atoms with Crippen molar-refractivity contribution in [3.05, 3.63) is 35.5 Å². The zero-order valence-corrected chi connectivity index (χ0v) is 35.1. The van der Waals surface area contributed by atoms with Crippen molar-refractivity contribution in [2.45, 2.75) is 131 Å². The molecule has 0 aromatic rings. The lowest BCUT2D eigenvalue weighted by molar-refractivity contribution is -0.221. The van der Waals surface area contributed by atoms with Gasteiger partial charge in [0.2, 0.25) is 0 Å². The maximum absolute atomic E-state index is 14.0. The minimum absolute atomic E-state index is 0.0126. The molecular formula is C45H73FN2O4S. The molecule has 1 heterocycles. The third kappa shape index (κ3) is 6.28. The second kappa shape index (κ2) is 13.7. The number of nitrogens with one attached hydrogen (secondary N) is 1. The molecule has 0 aromatic carbocycles. The highest BCUT2D eigenvalue weighted by Gasteiger charge is 2.70. The summed E-state index contributed by atoms with van der Waals surface area (Å²) in [7, 11) is -2.46. The Morgan fingerprint density at radius 2 is 1.74 bits per heavy atom. The zero-order valence-electron chi connectivity index (χ0n) is 34.2. The molecule has 0 aromatic heterocycles. The van der Waals surface area contributed by atoms with Crippen molar-refractivity contribution in [1.82, 2.24) is 10.2 Å². The molecule has 2 unspecified atom stereocenters. The van der Waals surface area contributed by atoms with Crippen LogP contribution >= 0.6 is 10.6 Å². The summed E-state index contributed by atoms with van der Waals surface area (Å²) in [5.74, 6) is 3.39. The van der Waals surface area contributed by atoms with Gasteiger partial charge in [-0.25, -0.2) is 4.39 Å². The number of carboxylic acid groups (broad SMARTS) is 1. The Hall–Kier alpha value is -1.19. The van der Waals surface area contributed by atoms with Crippen molar-refractivity contribution in [3.63, 3.8) is 0 Å². The van der Waals surface area contributed by atoms with Gasteiger partial charge in [-0.1, -0.05) is 65.8 Å². The predicted octanol–water partition coefficient (Wildman–Crippen LogP) is 10.4. The number of carboxylic acids is 1. The summed E-state index contributed by atoms with van der Waals surface area (Å²) in [4.78, 5) is 14.5. The van der Waals surface area contributed by atoms with Gasteiger partial charge in [-0.3, -0.25) is 13.9 Å². The van der Waals surface area contributed by atoms with Gasteiger partial charge in [-0.05, 0) is 152 Å². The number of halogens is 1. The average Bonchev–Trinajstić information content (AvgIpc) is 3.40. The highest BCUT2D eigenvalue weighted by atomic mass is 32.3. The minimum Gasteiger partial charge on any atom is -0.481 e. The van der Waals surface area contributed by atoms with Gasteiger partial charge in [0.05, 0.1) is 11.2 Å². The summed E-state index contributed by atoms with van der Waals surface area (Å²) in [5.41, 5.74) is 3.66. The van der Waals surface area contributed by atoms with E-state index < -0.39 is 28.6 Å². The molecule has 6 aliphatic carbocycles. The summed E-state index contributed by atoms with van der Waals surface area (Å²) in [6.07, 6.45) is 17.1. The number of aliphatic carboxylic acids is 1.